The van der Waals surface area contributed by atoms with Crippen molar-refractivity contribution in [2.45, 2.75) is 76.9 Å². The number of carbonyl (C=O) groups excluding carboxylic acids is 1. The molecule has 0 aromatic rings. The highest BCUT2D eigenvalue weighted by Gasteiger charge is 2.32. The summed E-state index contributed by atoms with van der Waals surface area (Å²) in [5, 5.41) is 1.43. The minimum Gasteiger partial charge on any atom is -0.359 e. The van der Waals surface area contributed by atoms with Crippen LogP contribution in [-0.2, 0) is 14.9 Å². The Labute approximate surface area is 129 Å². The second-order valence-electron chi connectivity index (χ2n) is 5.70. The zero-order valence-electron chi connectivity index (χ0n) is 13.6. The number of carbonyl (C=O) groups is 1. The quantitative estimate of drug-likeness (QED) is 0.427. The van der Waals surface area contributed by atoms with Crippen LogP contribution in [0.3, 0.4) is 0 Å². The van der Waals surface area contributed by atoms with Crippen LogP contribution in [0.2, 0.25) is 0 Å². The molecule has 0 rings (SSSR count). The van der Waals surface area contributed by atoms with Crippen LogP contribution < -0.4 is 5.32 Å². The normalized spacial score (nSPS) is 14.7. The van der Waals surface area contributed by atoms with Crippen molar-refractivity contribution in [3.63, 3.8) is 0 Å². The van der Waals surface area contributed by atoms with Gasteiger partial charge in [-0.2, -0.15) is 8.42 Å². The lowest BCUT2D eigenvalue weighted by Gasteiger charge is -2.20. The zero-order valence-corrected chi connectivity index (χ0v) is 14.4. The topological polar surface area (TPSA) is 83.5 Å². The Kier molecular flexibility index (Phi) is 10.7. The highest BCUT2D eigenvalue weighted by Crippen LogP contribution is 2.20. The molecule has 1 amide bonds. The first-order valence-electron chi connectivity index (χ1n) is 8.02. The third-order valence-corrected chi connectivity index (χ3v) is 5.26. The number of nitrogens with one attached hydrogen (secondary N) is 1. The van der Waals surface area contributed by atoms with Crippen molar-refractivity contribution < 1.29 is 17.8 Å². The lowest BCUT2D eigenvalue weighted by molar-refractivity contribution is -0.124. The number of amides is 1. The van der Waals surface area contributed by atoms with E-state index in [4.69, 9.17) is 4.55 Å². The highest BCUT2D eigenvalue weighted by molar-refractivity contribution is 7.86. The van der Waals surface area contributed by atoms with Gasteiger partial charge in [0, 0.05) is 7.05 Å². The predicted molar refractivity (Wildman–Crippen MR) is 85.8 cm³/mol. The molecule has 2 unspecified atom stereocenters. The van der Waals surface area contributed by atoms with Gasteiger partial charge >= 0.3 is 0 Å². The van der Waals surface area contributed by atoms with E-state index in [2.05, 4.69) is 12.2 Å². The second-order valence-corrected chi connectivity index (χ2v) is 7.48. The Morgan fingerprint density at radius 3 is 1.95 bits per heavy atom. The van der Waals surface area contributed by atoms with Crippen molar-refractivity contribution >= 4 is 16.0 Å². The van der Waals surface area contributed by atoms with Crippen LogP contribution in [-0.4, -0.2) is 31.2 Å². The molecule has 0 aliphatic carbocycles. The van der Waals surface area contributed by atoms with Gasteiger partial charge in [-0.3, -0.25) is 9.35 Å². The van der Waals surface area contributed by atoms with E-state index in [0.29, 0.717) is 6.42 Å². The maximum Gasteiger partial charge on any atom is 0.268 e. The van der Waals surface area contributed by atoms with Gasteiger partial charge in [-0.25, -0.2) is 0 Å². The SMILES string of the molecule is CCCCCCCCCCC(C(=O)NC)C(C)S(=O)(=O)O. The van der Waals surface area contributed by atoms with E-state index in [9.17, 15) is 13.2 Å². The fourth-order valence-corrected chi connectivity index (χ4v) is 3.14. The molecule has 2 atom stereocenters. The van der Waals surface area contributed by atoms with Crippen molar-refractivity contribution in [2.24, 2.45) is 5.92 Å². The molecule has 0 saturated heterocycles. The second kappa shape index (κ2) is 11.0. The van der Waals surface area contributed by atoms with Gasteiger partial charge in [0.1, 0.15) is 0 Å². The molecule has 0 fully saturated rings. The summed E-state index contributed by atoms with van der Waals surface area (Å²) in [4.78, 5) is 11.8. The fourth-order valence-electron chi connectivity index (χ4n) is 2.47. The summed E-state index contributed by atoms with van der Waals surface area (Å²) in [7, 11) is -2.69. The maximum absolute atomic E-state index is 11.8. The average Bonchev–Trinajstić information content (AvgIpc) is 2.43. The first kappa shape index (κ1) is 20.4. The van der Waals surface area contributed by atoms with Gasteiger partial charge < -0.3 is 5.32 Å². The van der Waals surface area contributed by atoms with E-state index in [-0.39, 0.29) is 5.91 Å². The molecule has 0 aliphatic rings. The Hall–Kier alpha value is -0.620. The van der Waals surface area contributed by atoms with Crippen LogP contribution >= 0.6 is 0 Å². The van der Waals surface area contributed by atoms with Crippen molar-refractivity contribution in [1.82, 2.24) is 5.32 Å². The Bertz CT molecular complexity index is 381. The van der Waals surface area contributed by atoms with E-state index < -0.39 is 21.3 Å². The lowest BCUT2D eigenvalue weighted by Crippen LogP contribution is -2.38. The molecule has 0 aromatic heterocycles. The van der Waals surface area contributed by atoms with Gasteiger partial charge in [0.2, 0.25) is 5.91 Å². The summed E-state index contributed by atoms with van der Waals surface area (Å²) in [6.45, 7) is 3.58. The average molecular weight is 321 g/mol. The molecule has 21 heavy (non-hydrogen) atoms. The van der Waals surface area contributed by atoms with Crippen LogP contribution in [0.15, 0.2) is 0 Å². The lowest BCUT2D eigenvalue weighted by atomic mass is 9.96. The van der Waals surface area contributed by atoms with E-state index in [0.717, 1.165) is 19.3 Å². The van der Waals surface area contributed by atoms with Crippen LogP contribution in [0.1, 0.15) is 71.6 Å². The third kappa shape index (κ3) is 9.09. The summed E-state index contributed by atoms with van der Waals surface area (Å²) in [6.07, 6.45) is 9.65. The number of hydrogen-bond acceptors (Lipinski definition) is 3. The summed E-state index contributed by atoms with van der Waals surface area (Å²) in [5.74, 6) is -0.992. The summed E-state index contributed by atoms with van der Waals surface area (Å²) >= 11 is 0. The summed E-state index contributed by atoms with van der Waals surface area (Å²) in [6, 6.07) is 0. The highest BCUT2D eigenvalue weighted by atomic mass is 32.2. The molecule has 0 spiro atoms. The van der Waals surface area contributed by atoms with E-state index in [1.807, 2.05) is 0 Å². The Morgan fingerprint density at radius 1 is 1.05 bits per heavy atom. The smallest absolute Gasteiger partial charge is 0.268 e. The van der Waals surface area contributed by atoms with Gasteiger partial charge in [-0.1, -0.05) is 58.3 Å². The fraction of sp³-hybridized carbons (Fsp3) is 0.933. The van der Waals surface area contributed by atoms with Gasteiger partial charge in [-0.15, -0.1) is 0 Å². The van der Waals surface area contributed by atoms with Crippen molar-refractivity contribution in [2.75, 3.05) is 7.05 Å². The molecule has 5 nitrogen and oxygen atoms in total. The molecule has 0 radical (unpaired) electrons. The first-order chi connectivity index (χ1) is 9.84. The third-order valence-electron chi connectivity index (χ3n) is 3.99. The molecule has 0 aliphatic heterocycles. The largest absolute Gasteiger partial charge is 0.359 e. The number of hydrogen-bond donors (Lipinski definition) is 2. The molecular formula is C15H31NO4S. The Balaban J connectivity index is 4.07. The van der Waals surface area contributed by atoms with Crippen LogP contribution in [0.4, 0.5) is 0 Å². The van der Waals surface area contributed by atoms with Gasteiger partial charge in [0.05, 0.1) is 11.2 Å². The molecule has 0 saturated carbocycles. The van der Waals surface area contributed by atoms with Gasteiger partial charge in [0.15, 0.2) is 0 Å². The van der Waals surface area contributed by atoms with Crippen molar-refractivity contribution in [1.29, 1.82) is 0 Å². The molecule has 126 valence electrons. The van der Waals surface area contributed by atoms with E-state index >= 15 is 0 Å². The van der Waals surface area contributed by atoms with Gasteiger partial charge in [-0.05, 0) is 13.3 Å². The monoisotopic (exact) mass is 321 g/mol. The summed E-state index contributed by atoms with van der Waals surface area (Å²) < 4.78 is 31.5. The van der Waals surface area contributed by atoms with E-state index in [1.54, 1.807) is 0 Å². The van der Waals surface area contributed by atoms with Crippen LogP contribution in [0.5, 0.6) is 0 Å². The van der Waals surface area contributed by atoms with Crippen LogP contribution in [0.25, 0.3) is 0 Å². The van der Waals surface area contributed by atoms with Crippen molar-refractivity contribution in [3.8, 4) is 0 Å². The number of rotatable bonds is 12. The van der Waals surface area contributed by atoms with Crippen LogP contribution in [0, 0.1) is 5.92 Å². The molecule has 2 N–H and O–H groups in total. The predicted octanol–water partition coefficient (Wildman–Crippen LogP) is 3.16. The number of unbranched alkanes of at least 4 members (excludes halogenated alkanes) is 7. The standard InChI is InChI=1S/C15H31NO4S/c1-4-5-6-7-8-9-10-11-12-14(15(17)16-3)13(2)21(18,19)20/h13-14H,4-12H2,1-3H3,(H,16,17)(H,18,19,20). The molecule has 0 heterocycles. The molecule has 6 heteroatoms. The molecule has 0 bridgehead atoms. The van der Waals surface area contributed by atoms with E-state index in [1.165, 1.54) is 46.1 Å². The maximum atomic E-state index is 11.8. The molecule has 0 aromatic carbocycles. The van der Waals surface area contributed by atoms with Gasteiger partial charge in [0.25, 0.3) is 10.1 Å². The molecular weight excluding hydrogens is 290 g/mol. The summed E-state index contributed by atoms with van der Waals surface area (Å²) in [5.41, 5.74) is 0. The first-order valence-corrected chi connectivity index (χ1v) is 9.52. The zero-order chi connectivity index (χ0) is 16.3. The Morgan fingerprint density at radius 2 is 1.52 bits per heavy atom. The minimum absolute atomic E-state index is 0.317. The van der Waals surface area contributed by atoms with Crippen molar-refractivity contribution in [3.05, 3.63) is 0 Å². The minimum atomic E-state index is -4.18.